The van der Waals surface area contributed by atoms with E-state index in [0.717, 1.165) is 31.6 Å². The molecule has 1 aromatic heterocycles. The van der Waals surface area contributed by atoms with Crippen molar-refractivity contribution in [3.63, 3.8) is 0 Å². The van der Waals surface area contributed by atoms with Gasteiger partial charge in [0.05, 0.1) is 5.56 Å². The molecule has 1 aliphatic heterocycles. The van der Waals surface area contributed by atoms with Crippen LogP contribution < -0.4 is 10.6 Å². The van der Waals surface area contributed by atoms with Crippen molar-refractivity contribution in [1.82, 2.24) is 20.5 Å². The molecule has 0 spiro atoms. The third-order valence-corrected chi connectivity index (χ3v) is 4.90. The number of rotatable bonds is 7. The molecule has 2 aromatic rings. The summed E-state index contributed by atoms with van der Waals surface area (Å²) >= 11 is 0. The highest BCUT2D eigenvalue weighted by Crippen LogP contribution is 2.17. The number of halogens is 2. The van der Waals surface area contributed by atoms with E-state index in [0.29, 0.717) is 17.9 Å². The predicted octanol–water partition coefficient (Wildman–Crippen LogP) is 2.33. The van der Waals surface area contributed by atoms with Crippen LogP contribution in [-0.4, -0.2) is 54.4 Å². The number of nitrogens with zero attached hydrogens (tertiary/aromatic N) is 2. The number of hydrogen-bond acceptors (Lipinski definition) is 4. The average molecular weight is 439 g/mol. The number of carbonyl (C=O) groups is 2. The van der Waals surface area contributed by atoms with Gasteiger partial charge in [0.1, 0.15) is 6.04 Å². The van der Waals surface area contributed by atoms with Crippen molar-refractivity contribution in [1.29, 1.82) is 0 Å². The lowest BCUT2D eigenvalue weighted by Gasteiger charge is -2.25. The fourth-order valence-corrected chi connectivity index (χ4v) is 3.50. The molecule has 0 radical (unpaired) electrons. The van der Waals surface area contributed by atoms with Gasteiger partial charge in [0.25, 0.3) is 5.91 Å². The number of nitrogens with one attached hydrogen (secondary N) is 2. The lowest BCUT2D eigenvalue weighted by molar-refractivity contribution is -0.132. The van der Waals surface area contributed by atoms with Crippen LogP contribution in [0.3, 0.4) is 0 Å². The normalized spacial score (nSPS) is 16.3. The van der Waals surface area contributed by atoms with Gasteiger partial charge in [-0.05, 0) is 43.6 Å². The van der Waals surface area contributed by atoms with Crippen molar-refractivity contribution in [3.8, 4) is 0 Å². The van der Waals surface area contributed by atoms with E-state index in [1.54, 1.807) is 18.3 Å². The summed E-state index contributed by atoms with van der Waals surface area (Å²) in [6.45, 7) is 2.36. The zero-order valence-electron chi connectivity index (χ0n) is 16.4. The molecule has 0 bridgehead atoms. The minimum Gasteiger partial charge on any atom is -0.341 e. The fourth-order valence-electron chi connectivity index (χ4n) is 3.50. The van der Waals surface area contributed by atoms with E-state index >= 15 is 0 Å². The first-order chi connectivity index (χ1) is 13.2. The first-order valence-corrected chi connectivity index (χ1v) is 9.35. The maximum absolute atomic E-state index is 13.1. The molecule has 2 atom stereocenters. The monoisotopic (exact) mass is 438 g/mol. The van der Waals surface area contributed by atoms with Crippen LogP contribution in [0.1, 0.15) is 22.3 Å². The Kier molecular flexibility index (Phi) is 10.7. The van der Waals surface area contributed by atoms with Gasteiger partial charge in [-0.2, -0.15) is 0 Å². The molecule has 2 unspecified atom stereocenters. The third kappa shape index (κ3) is 6.99. The van der Waals surface area contributed by atoms with Crippen LogP contribution in [0.15, 0.2) is 54.9 Å². The van der Waals surface area contributed by atoms with Crippen molar-refractivity contribution in [3.05, 3.63) is 66.0 Å². The van der Waals surface area contributed by atoms with Crippen molar-refractivity contribution in [2.24, 2.45) is 5.92 Å². The zero-order chi connectivity index (χ0) is 19.1. The van der Waals surface area contributed by atoms with Gasteiger partial charge >= 0.3 is 0 Å². The molecule has 2 heterocycles. The van der Waals surface area contributed by atoms with E-state index in [4.69, 9.17) is 0 Å². The van der Waals surface area contributed by atoms with Crippen LogP contribution in [0.2, 0.25) is 0 Å². The predicted molar refractivity (Wildman–Crippen MR) is 119 cm³/mol. The molecule has 3 rings (SSSR count). The largest absolute Gasteiger partial charge is 0.341 e. The second-order valence-electron chi connectivity index (χ2n) is 6.95. The maximum Gasteiger partial charge on any atom is 0.253 e. The number of carbonyl (C=O) groups excluding carboxylic acids is 2. The summed E-state index contributed by atoms with van der Waals surface area (Å²) < 4.78 is 0. The molecule has 1 aromatic carbocycles. The Morgan fingerprint density at radius 3 is 2.59 bits per heavy atom. The van der Waals surface area contributed by atoms with Gasteiger partial charge in [0, 0.05) is 31.9 Å². The number of pyridine rings is 1. The van der Waals surface area contributed by atoms with Crippen LogP contribution in [0, 0.1) is 5.92 Å². The molecule has 8 heteroatoms. The molecular weight excluding hydrogens is 411 g/mol. The van der Waals surface area contributed by atoms with Crippen LogP contribution in [-0.2, 0) is 11.2 Å². The van der Waals surface area contributed by atoms with Crippen molar-refractivity contribution in [2.45, 2.75) is 18.9 Å². The number of amides is 2. The quantitative estimate of drug-likeness (QED) is 0.695. The minimum absolute atomic E-state index is 0. The van der Waals surface area contributed by atoms with E-state index in [-0.39, 0.29) is 36.6 Å². The molecule has 2 N–H and O–H groups in total. The van der Waals surface area contributed by atoms with Gasteiger partial charge < -0.3 is 15.5 Å². The average Bonchev–Trinajstić information content (AvgIpc) is 3.17. The van der Waals surface area contributed by atoms with E-state index in [2.05, 4.69) is 15.6 Å². The Hall–Kier alpha value is -2.15. The van der Waals surface area contributed by atoms with Gasteiger partial charge in [0.15, 0.2) is 0 Å². The summed E-state index contributed by atoms with van der Waals surface area (Å²) in [7, 11) is 1.93. The number of benzene rings is 1. The Balaban J connectivity index is 0.00000210. The molecule has 29 heavy (non-hydrogen) atoms. The molecule has 0 saturated carbocycles. The van der Waals surface area contributed by atoms with Gasteiger partial charge in [-0.3, -0.25) is 14.6 Å². The molecule has 2 amide bonds. The molecule has 1 fully saturated rings. The smallest absolute Gasteiger partial charge is 0.253 e. The summed E-state index contributed by atoms with van der Waals surface area (Å²) in [6.07, 6.45) is 4.59. The summed E-state index contributed by atoms with van der Waals surface area (Å²) in [6, 6.07) is 12.6. The Bertz CT molecular complexity index is 762. The lowest BCUT2D eigenvalue weighted by atomic mass is 10.0. The van der Waals surface area contributed by atoms with Gasteiger partial charge in [-0.1, -0.05) is 30.3 Å². The number of likely N-dealkylation sites (tertiary alicyclic amines) is 1. The summed E-state index contributed by atoms with van der Waals surface area (Å²) in [5, 5.41) is 6.10. The molecular formula is C21H28Cl2N4O2. The van der Waals surface area contributed by atoms with E-state index < -0.39 is 6.04 Å². The number of hydrogen-bond donors (Lipinski definition) is 2. The molecule has 1 aliphatic rings. The second kappa shape index (κ2) is 12.4. The van der Waals surface area contributed by atoms with E-state index in [1.807, 2.05) is 42.3 Å². The molecule has 158 valence electrons. The fraction of sp³-hybridized carbons (Fsp3) is 0.381. The SMILES string of the molecule is CNCC1CCN(C(=O)C(Cc2ccccc2)NC(=O)c2cccnc2)C1.Cl.Cl. The van der Waals surface area contributed by atoms with E-state index in [1.165, 1.54) is 6.20 Å². The van der Waals surface area contributed by atoms with Gasteiger partial charge in [0.2, 0.25) is 5.91 Å². The van der Waals surface area contributed by atoms with Crippen molar-refractivity contribution in [2.75, 3.05) is 26.7 Å². The molecule has 0 aliphatic carbocycles. The van der Waals surface area contributed by atoms with E-state index in [9.17, 15) is 9.59 Å². The highest BCUT2D eigenvalue weighted by molar-refractivity contribution is 5.97. The lowest BCUT2D eigenvalue weighted by Crippen LogP contribution is -2.49. The Morgan fingerprint density at radius 1 is 1.17 bits per heavy atom. The first kappa shape index (κ1) is 24.9. The standard InChI is InChI=1S/C21H26N4O2.2ClH/c1-22-13-17-9-11-25(15-17)21(27)19(12-16-6-3-2-4-7-16)24-20(26)18-8-5-10-23-14-18;;/h2-8,10,14,17,19,22H,9,11-13,15H2,1H3,(H,24,26);2*1H. The summed E-state index contributed by atoms with van der Waals surface area (Å²) in [4.78, 5) is 31.6. The first-order valence-electron chi connectivity index (χ1n) is 9.35. The zero-order valence-corrected chi connectivity index (χ0v) is 18.0. The minimum atomic E-state index is -0.589. The van der Waals surface area contributed by atoms with Crippen LogP contribution in [0.5, 0.6) is 0 Å². The van der Waals surface area contributed by atoms with Gasteiger partial charge in [-0.25, -0.2) is 0 Å². The maximum atomic E-state index is 13.1. The van der Waals surface area contributed by atoms with Crippen LogP contribution in [0.4, 0.5) is 0 Å². The Morgan fingerprint density at radius 2 is 1.93 bits per heavy atom. The molecule has 6 nitrogen and oxygen atoms in total. The van der Waals surface area contributed by atoms with Crippen molar-refractivity contribution < 1.29 is 9.59 Å². The topological polar surface area (TPSA) is 74.3 Å². The third-order valence-electron chi connectivity index (χ3n) is 4.90. The number of aromatic nitrogens is 1. The highest BCUT2D eigenvalue weighted by Gasteiger charge is 2.31. The van der Waals surface area contributed by atoms with Crippen LogP contribution >= 0.6 is 24.8 Å². The van der Waals surface area contributed by atoms with Crippen molar-refractivity contribution >= 4 is 36.6 Å². The summed E-state index contributed by atoms with van der Waals surface area (Å²) in [5.41, 5.74) is 1.48. The summed E-state index contributed by atoms with van der Waals surface area (Å²) in [5.74, 6) is 0.170. The second-order valence-corrected chi connectivity index (χ2v) is 6.95. The highest BCUT2D eigenvalue weighted by atomic mass is 35.5. The van der Waals surface area contributed by atoms with Crippen LogP contribution in [0.25, 0.3) is 0 Å². The molecule has 1 saturated heterocycles. The van der Waals surface area contributed by atoms with Gasteiger partial charge in [-0.15, -0.1) is 24.8 Å². The Labute approximate surface area is 184 Å².